The highest BCUT2D eigenvalue weighted by molar-refractivity contribution is 6.18. The average Bonchev–Trinajstić information content (AvgIpc) is 2.56. The smallest absolute Gasteiger partial charge is 0.339 e. The molecule has 1 rings (SSSR count). The predicted molar refractivity (Wildman–Crippen MR) is 96.1 cm³/mol. The van der Waals surface area contributed by atoms with E-state index in [4.69, 9.17) is 20.0 Å². The number of hydrogen-bond donors (Lipinski definition) is 0. The molecule has 0 bridgehead atoms. The van der Waals surface area contributed by atoms with Crippen molar-refractivity contribution < 1.29 is 19.1 Å². The molecule has 0 fully saturated rings. The van der Waals surface area contributed by atoms with Crippen LogP contribution >= 0.6 is 0 Å². The van der Waals surface area contributed by atoms with Gasteiger partial charge in [-0.1, -0.05) is 24.3 Å². The van der Waals surface area contributed by atoms with E-state index in [0.717, 1.165) is 12.2 Å². The second-order valence-electron chi connectivity index (χ2n) is 5.86. The highest BCUT2D eigenvalue weighted by Crippen LogP contribution is 2.22. The van der Waals surface area contributed by atoms with Gasteiger partial charge in [0, 0.05) is 12.2 Å². The molecule has 0 aliphatic heterocycles. The average molecular weight is 352 g/mol. The molecule has 0 saturated carbocycles. The number of benzene rings is 1. The molecular formula is C20H20N2O4. The fourth-order valence-electron chi connectivity index (χ4n) is 2.03. The van der Waals surface area contributed by atoms with E-state index in [1.807, 2.05) is 12.1 Å². The Balaban J connectivity index is 3.19. The minimum atomic E-state index is -0.610. The van der Waals surface area contributed by atoms with E-state index in [2.05, 4.69) is 0 Å². The van der Waals surface area contributed by atoms with Crippen molar-refractivity contribution in [2.45, 2.75) is 39.9 Å². The molecule has 0 aliphatic rings. The number of nitrogens with zero attached hydrogens (tertiary/aromatic N) is 2. The molecule has 0 spiro atoms. The maximum absolute atomic E-state index is 12.1. The molecule has 0 radical (unpaired) electrons. The fourth-order valence-corrected chi connectivity index (χ4v) is 2.03. The van der Waals surface area contributed by atoms with Gasteiger partial charge in [-0.05, 0) is 38.8 Å². The maximum atomic E-state index is 12.1. The number of nitriles is 2. The topological polar surface area (TPSA) is 100 Å². The molecule has 6 heteroatoms. The molecule has 26 heavy (non-hydrogen) atoms. The lowest BCUT2D eigenvalue weighted by Gasteiger charge is -2.12. The van der Waals surface area contributed by atoms with Gasteiger partial charge in [-0.3, -0.25) is 0 Å². The molecule has 0 aliphatic carbocycles. The van der Waals surface area contributed by atoms with Gasteiger partial charge in [-0.15, -0.1) is 0 Å². The third kappa shape index (κ3) is 5.92. The van der Waals surface area contributed by atoms with Gasteiger partial charge in [-0.2, -0.15) is 10.5 Å². The first-order valence-electron chi connectivity index (χ1n) is 8.02. The van der Waals surface area contributed by atoms with Gasteiger partial charge < -0.3 is 9.47 Å². The van der Waals surface area contributed by atoms with Gasteiger partial charge in [0.15, 0.2) is 0 Å². The van der Waals surface area contributed by atoms with Crippen LogP contribution in [0.4, 0.5) is 0 Å². The second kappa shape index (κ2) is 9.80. The number of carbonyl (C=O) groups is 2. The van der Waals surface area contributed by atoms with Gasteiger partial charge >= 0.3 is 11.9 Å². The van der Waals surface area contributed by atoms with Crippen LogP contribution in [0.2, 0.25) is 0 Å². The highest BCUT2D eigenvalue weighted by Gasteiger charge is 2.18. The number of carbonyl (C=O) groups excluding carboxylic acids is 2. The van der Waals surface area contributed by atoms with Crippen LogP contribution in [0.1, 0.15) is 38.8 Å². The lowest BCUT2D eigenvalue weighted by atomic mass is 10.00. The summed E-state index contributed by atoms with van der Waals surface area (Å²) in [5, 5.41) is 17.8. The number of rotatable bonds is 6. The normalized spacial score (nSPS) is 11.7. The summed E-state index contributed by atoms with van der Waals surface area (Å²) in [6, 6.07) is 9.96. The Morgan fingerprint density at radius 1 is 0.808 bits per heavy atom. The van der Waals surface area contributed by atoms with Gasteiger partial charge in [0.25, 0.3) is 0 Å². The van der Waals surface area contributed by atoms with Crippen LogP contribution in [0.5, 0.6) is 0 Å². The molecule has 0 amide bonds. The summed E-state index contributed by atoms with van der Waals surface area (Å²) in [6.45, 7) is 6.85. The van der Waals surface area contributed by atoms with Gasteiger partial charge in [0.05, 0.1) is 35.5 Å². The second-order valence-corrected chi connectivity index (χ2v) is 5.86. The Morgan fingerprint density at radius 3 is 1.35 bits per heavy atom. The van der Waals surface area contributed by atoms with E-state index in [-0.39, 0.29) is 23.4 Å². The molecular weight excluding hydrogens is 332 g/mol. The highest BCUT2D eigenvalue weighted by atomic mass is 16.5. The van der Waals surface area contributed by atoms with E-state index in [9.17, 15) is 9.59 Å². The Kier molecular flexibility index (Phi) is 7.79. The summed E-state index contributed by atoms with van der Waals surface area (Å²) >= 11 is 0. The van der Waals surface area contributed by atoms with Crippen molar-refractivity contribution >= 4 is 23.1 Å². The van der Waals surface area contributed by atoms with Crippen LogP contribution in [-0.2, 0) is 19.1 Å². The van der Waals surface area contributed by atoms with Gasteiger partial charge in [-0.25, -0.2) is 9.59 Å². The van der Waals surface area contributed by atoms with Crippen molar-refractivity contribution in [2.75, 3.05) is 0 Å². The lowest BCUT2D eigenvalue weighted by molar-refractivity contribution is -0.141. The van der Waals surface area contributed by atoms with Crippen LogP contribution in [-0.4, -0.2) is 24.1 Å². The molecule has 134 valence electrons. The van der Waals surface area contributed by atoms with Crippen LogP contribution in [0.3, 0.4) is 0 Å². The molecule has 1 aromatic carbocycles. The summed E-state index contributed by atoms with van der Waals surface area (Å²) in [5.74, 6) is -1.22. The molecule has 1 aromatic rings. The SMILES string of the molecule is CC(C)OC(=O)C(=CC#N)c1ccc(C(=CC#N)C(=O)OC(C)C)cc1. The molecule has 0 unspecified atom stereocenters. The summed E-state index contributed by atoms with van der Waals surface area (Å²) in [6.07, 6.45) is 1.58. The van der Waals surface area contributed by atoms with Gasteiger partial charge in [0.2, 0.25) is 0 Å². The zero-order valence-corrected chi connectivity index (χ0v) is 15.1. The quantitative estimate of drug-likeness (QED) is 0.442. The van der Waals surface area contributed by atoms with E-state index in [1.54, 1.807) is 52.0 Å². The summed E-state index contributed by atoms with van der Waals surface area (Å²) < 4.78 is 10.3. The van der Waals surface area contributed by atoms with E-state index in [1.165, 1.54) is 0 Å². The van der Waals surface area contributed by atoms with Crippen molar-refractivity contribution in [3.05, 3.63) is 47.5 Å². The Bertz CT molecular complexity index is 735. The Labute approximate surface area is 152 Å². The maximum Gasteiger partial charge on any atom is 0.339 e. The van der Waals surface area contributed by atoms with Crippen molar-refractivity contribution in [1.82, 2.24) is 0 Å². The molecule has 0 N–H and O–H groups in total. The van der Waals surface area contributed by atoms with E-state index < -0.39 is 11.9 Å². The van der Waals surface area contributed by atoms with Gasteiger partial charge in [0.1, 0.15) is 0 Å². The standard InChI is InChI=1S/C20H20N2O4/c1-13(2)25-19(23)17(9-11-21)15-5-7-16(8-6-15)18(10-12-22)20(24)26-14(3)4/h5-10,13-14H,1-4H3. The molecule has 6 nitrogen and oxygen atoms in total. The van der Waals surface area contributed by atoms with Crippen LogP contribution < -0.4 is 0 Å². The zero-order chi connectivity index (χ0) is 19.7. The molecule has 0 saturated heterocycles. The summed E-state index contributed by atoms with van der Waals surface area (Å²) in [5.41, 5.74) is 1.16. The molecule has 0 aromatic heterocycles. The third-order valence-corrected chi connectivity index (χ3v) is 3.05. The third-order valence-electron chi connectivity index (χ3n) is 3.05. The number of allylic oxidation sites excluding steroid dienone is 2. The first kappa shape index (κ1) is 20.7. The monoisotopic (exact) mass is 352 g/mol. The zero-order valence-electron chi connectivity index (χ0n) is 15.1. The largest absolute Gasteiger partial charge is 0.459 e. The first-order chi connectivity index (χ1) is 12.3. The van der Waals surface area contributed by atoms with Crippen molar-refractivity contribution in [3.8, 4) is 12.1 Å². The van der Waals surface area contributed by atoms with Crippen molar-refractivity contribution in [3.63, 3.8) is 0 Å². The predicted octanol–water partition coefficient (Wildman–Crippen LogP) is 3.40. The Hall–Kier alpha value is -3.38. The van der Waals surface area contributed by atoms with E-state index in [0.29, 0.717) is 11.1 Å². The van der Waals surface area contributed by atoms with Crippen LogP contribution in [0.25, 0.3) is 11.1 Å². The van der Waals surface area contributed by atoms with E-state index >= 15 is 0 Å². The summed E-state index contributed by atoms with van der Waals surface area (Å²) in [4.78, 5) is 24.2. The van der Waals surface area contributed by atoms with Crippen molar-refractivity contribution in [1.29, 1.82) is 10.5 Å². The number of esters is 2. The molecule has 0 heterocycles. The fraction of sp³-hybridized carbons (Fsp3) is 0.300. The minimum Gasteiger partial charge on any atom is -0.459 e. The van der Waals surface area contributed by atoms with Crippen LogP contribution in [0, 0.1) is 22.7 Å². The number of ether oxygens (including phenoxy) is 2. The summed E-state index contributed by atoms with van der Waals surface area (Å²) in [7, 11) is 0. The minimum absolute atomic E-state index is 0.114. The number of hydrogen-bond acceptors (Lipinski definition) is 6. The molecule has 0 atom stereocenters. The first-order valence-corrected chi connectivity index (χ1v) is 8.02. The lowest BCUT2D eigenvalue weighted by Crippen LogP contribution is -2.14. The Morgan fingerprint density at radius 2 is 1.12 bits per heavy atom. The van der Waals surface area contributed by atoms with Crippen molar-refractivity contribution in [2.24, 2.45) is 0 Å². The van der Waals surface area contributed by atoms with Crippen LogP contribution in [0.15, 0.2) is 36.4 Å².